The van der Waals surface area contributed by atoms with Crippen LogP contribution in [0.3, 0.4) is 0 Å². The molecule has 1 saturated carbocycles. The molecule has 4 aromatic rings. The zero-order chi connectivity index (χ0) is 37.1. The van der Waals surface area contributed by atoms with E-state index in [2.05, 4.69) is 27.7 Å². The van der Waals surface area contributed by atoms with E-state index in [4.69, 9.17) is 16.6 Å². The summed E-state index contributed by atoms with van der Waals surface area (Å²) in [7, 11) is 0. The number of amides is 3. The van der Waals surface area contributed by atoms with Crippen LogP contribution in [-0.4, -0.2) is 82.9 Å². The molecule has 5 aliphatic rings. The summed E-state index contributed by atoms with van der Waals surface area (Å²) in [5, 5.41) is 0.895. The molecule has 54 heavy (non-hydrogen) atoms. The second-order valence-electron chi connectivity index (χ2n) is 15.7. The summed E-state index contributed by atoms with van der Waals surface area (Å²) in [5.41, 5.74) is 4.69. The van der Waals surface area contributed by atoms with E-state index in [-0.39, 0.29) is 28.7 Å². The Morgan fingerprint density at radius 2 is 1.57 bits per heavy atom. The van der Waals surface area contributed by atoms with Crippen molar-refractivity contribution in [2.24, 2.45) is 0 Å². The average Bonchev–Trinajstić information content (AvgIpc) is 3.43. The van der Waals surface area contributed by atoms with Gasteiger partial charge in [0.15, 0.2) is 0 Å². The molecule has 1 spiro atoms. The minimum Gasteiger partial charge on any atom is -0.366 e. The first-order chi connectivity index (χ1) is 26.2. The predicted octanol–water partition coefficient (Wildman–Crippen LogP) is 6.31. The summed E-state index contributed by atoms with van der Waals surface area (Å²) >= 11 is 6.57. The molecule has 5 heterocycles. The number of nitrogens with zero attached hydrogens (tertiary/aromatic N) is 6. The summed E-state index contributed by atoms with van der Waals surface area (Å²) in [5.74, 6) is 0.344. The molecule has 0 unspecified atom stereocenters. The quantitative estimate of drug-likeness (QED) is 0.221. The first-order valence-corrected chi connectivity index (χ1v) is 19.9. The lowest BCUT2D eigenvalue weighted by Gasteiger charge is -2.38. The van der Waals surface area contributed by atoms with E-state index in [1.165, 1.54) is 34.6 Å². The number of carbonyl (C=O) groups excluding carboxylic acids is 3. The third-order valence-corrected chi connectivity index (χ3v) is 13.0. The smallest absolute Gasteiger partial charge is 0.282 e. The molecule has 1 aliphatic carbocycles. The van der Waals surface area contributed by atoms with Gasteiger partial charge in [-0.3, -0.25) is 33.5 Å². The number of fused-ring (bicyclic) bond motifs is 7. The monoisotopic (exact) mass is 750 g/mol. The number of hydrogen-bond donors (Lipinski definition) is 0. The van der Waals surface area contributed by atoms with Crippen molar-refractivity contribution in [2.75, 3.05) is 55.6 Å². The first kappa shape index (κ1) is 35.1. The Morgan fingerprint density at radius 3 is 2.31 bits per heavy atom. The van der Waals surface area contributed by atoms with Crippen molar-refractivity contribution in [1.29, 1.82) is 0 Å². The fourth-order valence-electron chi connectivity index (χ4n) is 9.79. The van der Waals surface area contributed by atoms with Gasteiger partial charge in [0.25, 0.3) is 5.56 Å². The maximum atomic E-state index is 15.0. The molecule has 1 aromatic heterocycles. The van der Waals surface area contributed by atoms with Gasteiger partial charge in [0.2, 0.25) is 17.7 Å². The predicted molar refractivity (Wildman–Crippen MR) is 206 cm³/mol. The van der Waals surface area contributed by atoms with Crippen LogP contribution in [0, 0.1) is 5.82 Å². The molecule has 0 bridgehead atoms. The third-order valence-electron chi connectivity index (χ3n) is 12.6. The largest absolute Gasteiger partial charge is 0.366 e. The van der Waals surface area contributed by atoms with Gasteiger partial charge >= 0.3 is 0 Å². The molecule has 4 fully saturated rings. The van der Waals surface area contributed by atoms with Crippen LogP contribution in [0.15, 0.2) is 59.4 Å². The van der Waals surface area contributed by atoms with E-state index in [1.54, 1.807) is 12.1 Å². The number of likely N-dealkylation sites (tertiary alicyclic amines) is 1. The minimum atomic E-state index is -0.413. The zero-order valence-electron chi connectivity index (χ0n) is 30.4. The van der Waals surface area contributed by atoms with Gasteiger partial charge in [0.05, 0.1) is 44.9 Å². The lowest BCUT2D eigenvalue weighted by molar-refractivity contribution is -0.133. The van der Waals surface area contributed by atoms with Crippen LogP contribution in [0.2, 0.25) is 5.02 Å². The highest BCUT2D eigenvalue weighted by Gasteiger charge is 2.46. The number of rotatable bonds is 5. The van der Waals surface area contributed by atoms with Gasteiger partial charge in [0, 0.05) is 39.0 Å². The van der Waals surface area contributed by atoms with Gasteiger partial charge in [-0.1, -0.05) is 49.1 Å². The van der Waals surface area contributed by atoms with Crippen LogP contribution in [0.4, 0.5) is 15.8 Å². The van der Waals surface area contributed by atoms with Crippen LogP contribution in [0.25, 0.3) is 16.6 Å². The number of hydrogen-bond acceptors (Lipinski definition) is 7. The summed E-state index contributed by atoms with van der Waals surface area (Å²) < 4.78 is 17.2. The number of carbonyl (C=O) groups is 3. The van der Waals surface area contributed by atoms with E-state index in [0.717, 1.165) is 68.6 Å². The first-order valence-electron chi connectivity index (χ1n) is 19.5. The van der Waals surface area contributed by atoms with E-state index in [0.29, 0.717) is 79.7 Å². The number of halogens is 2. The Labute approximate surface area is 318 Å². The molecule has 10 nitrogen and oxygen atoms in total. The van der Waals surface area contributed by atoms with Gasteiger partial charge < -0.3 is 9.80 Å². The molecule has 3 aromatic carbocycles. The van der Waals surface area contributed by atoms with Crippen LogP contribution < -0.4 is 15.4 Å². The summed E-state index contributed by atoms with van der Waals surface area (Å²) in [4.78, 5) is 63.7. The molecule has 4 aliphatic heterocycles. The maximum Gasteiger partial charge on any atom is 0.282 e. The van der Waals surface area contributed by atoms with Crippen LogP contribution >= 0.6 is 11.6 Å². The number of anilines is 2. The van der Waals surface area contributed by atoms with Crippen molar-refractivity contribution in [1.82, 2.24) is 19.4 Å². The SMILES string of the molecule is O=C(CN1CCC(c2ccc3c(c2)-n2c(nc(=O)c4c(Cl)cccc42)C32CCCCC2)CC1)N1CCN(c2cc(N3C(=O)CCCC3=O)ccc2F)CC1. The second-order valence-corrected chi connectivity index (χ2v) is 16.1. The average molecular weight is 751 g/mol. The number of aromatic nitrogens is 2. The standard InChI is InChI=1S/C42H44ClFN6O4/c43-31-6-4-7-33-39(31)40(54)45-41-42(16-2-1-3-17-42)30-12-10-28(24-34(30)50(33)41)27-14-18-46(19-15-27)26-38(53)48-22-20-47(21-23-48)35-25-29(11-13-32(35)44)49-36(51)8-5-9-37(49)52/h4,6-7,10-13,24-25,27H,1-3,5,8-9,14-23,26H2. The van der Waals surface area contributed by atoms with Crippen molar-refractivity contribution >= 4 is 51.6 Å². The molecule has 9 rings (SSSR count). The van der Waals surface area contributed by atoms with Gasteiger partial charge in [-0.15, -0.1) is 0 Å². The molecule has 3 saturated heterocycles. The normalized spacial score (nSPS) is 20.5. The highest BCUT2D eigenvalue weighted by Crippen LogP contribution is 2.52. The Kier molecular flexibility index (Phi) is 9.04. The van der Waals surface area contributed by atoms with Crippen molar-refractivity contribution in [3.05, 3.63) is 92.7 Å². The Balaban J connectivity index is 0.857. The summed E-state index contributed by atoms with van der Waals surface area (Å²) in [6, 6.07) is 16.9. The third kappa shape index (κ3) is 5.91. The maximum absolute atomic E-state index is 15.0. The molecule has 3 amide bonds. The zero-order valence-corrected chi connectivity index (χ0v) is 31.1. The van der Waals surface area contributed by atoms with E-state index in [9.17, 15) is 19.2 Å². The van der Waals surface area contributed by atoms with E-state index >= 15 is 4.39 Å². The van der Waals surface area contributed by atoms with Gasteiger partial charge in [-0.25, -0.2) is 4.39 Å². The van der Waals surface area contributed by atoms with E-state index < -0.39 is 5.82 Å². The Bertz CT molecular complexity index is 2220. The molecule has 0 radical (unpaired) electrons. The number of piperidine rings is 2. The number of benzene rings is 3. The van der Waals surface area contributed by atoms with Crippen LogP contribution in [-0.2, 0) is 19.8 Å². The second kappa shape index (κ2) is 13.9. The van der Waals surface area contributed by atoms with Crippen molar-refractivity contribution < 1.29 is 18.8 Å². The number of piperazine rings is 1. The highest BCUT2D eigenvalue weighted by molar-refractivity contribution is 6.35. The van der Waals surface area contributed by atoms with Gasteiger partial charge in [0.1, 0.15) is 11.6 Å². The van der Waals surface area contributed by atoms with Gasteiger partial charge in [-0.2, -0.15) is 4.98 Å². The minimum absolute atomic E-state index is 0.0749. The van der Waals surface area contributed by atoms with Crippen molar-refractivity contribution in [3.8, 4) is 5.69 Å². The number of imide groups is 1. The molecular weight excluding hydrogens is 707 g/mol. The summed E-state index contributed by atoms with van der Waals surface area (Å²) in [6.45, 7) is 3.84. The lowest BCUT2D eigenvalue weighted by Crippen LogP contribution is -2.52. The molecule has 0 atom stereocenters. The molecule has 12 heteroatoms. The summed E-state index contributed by atoms with van der Waals surface area (Å²) in [6.07, 6.45) is 8.38. The topological polar surface area (TPSA) is 99.1 Å². The van der Waals surface area contributed by atoms with E-state index in [1.807, 2.05) is 21.9 Å². The van der Waals surface area contributed by atoms with Crippen LogP contribution in [0.5, 0.6) is 0 Å². The van der Waals surface area contributed by atoms with Crippen molar-refractivity contribution in [3.63, 3.8) is 0 Å². The highest BCUT2D eigenvalue weighted by atomic mass is 35.5. The molecule has 280 valence electrons. The molecular formula is C42H44ClFN6O4. The van der Waals surface area contributed by atoms with Gasteiger partial charge in [-0.05, 0) is 98.6 Å². The Hall–Kier alpha value is -4.61. The lowest BCUT2D eigenvalue weighted by atomic mass is 9.69. The molecule has 0 N–H and O–H groups in total. The fraction of sp³-hybridized carbons (Fsp3) is 0.452. The Morgan fingerprint density at radius 1 is 0.833 bits per heavy atom. The fourth-order valence-corrected chi connectivity index (χ4v) is 10.0. The van der Waals surface area contributed by atoms with Crippen molar-refractivity contribution in [2.45, 2.75) is 75.5 Å². The van der Waals surface area contributed by atoms with Crippen LogP contribution in [0.1, 0.15) is 87.1 Å².